The summed E-state index contributed by atoms with van der Waals surface area (Å²) in [5.74, 6) is 0.584. The average Bonchev–Trinajstić information content (AvgIpc) is 2.32. The quantitative estimate of drug-likeness (QED) is 0.825. The van der Waals surface area contributed by atoms with Crippen LogP contribution in [-0.2, 0) is 4.79 Å². The lowest BCUT2D eigenvalue weighted by Crippen LogP contribution is -2.33. The van der Waals surface area contributed by atoms with E-state index < -0.39 is 0 Å². The second-order valence-corrected chi connectivity index (χ2v) is 6.40. The Hall–Kier alpha value is -0.480. The maximum absolute atomic E-state index is 11.7. The molecule has 0 saturated carbocycles. The van der Waals surface area contributed by atoms with Crippen LogP contribution in [0, 0.1) is 13.8 Å². The van der Waals surface area contributed by atoms with Crippen LogP contribution in [0.4, 0.5) is 0 Å². The Balaban J connectivity index is 2.58. The van der Waals surface area contributed by atoms with Gasteiger partial charge in [-0.3, -0.25) is 4.79 Å². The first kappa shape index (κ1) is 15.6. The number of carbonyl (C=O) groups excluding carboxylic acids is 1. The van der Waals surface area contributed by atoms with Crippen LogP contribution in [0.3, 0.4) is 0 Å². The summed E-state index contributed by atoms with van der Waals surface area (Å²) in [4.78, 5) is 12.9. The minimum Gasteiger partial charge on any atom is -0.353 e. The predicted molar refractivity (Wildman–Crippen MR) is 82.2 cm³/mol. The highest BCUT2D eigenvalue weighted by Crippen LogP contribution is 2.28. The Bertz CT molecular complexity index is 434. The highest BCUT2D eigenvalue weighted by Gasteiger charge is 2.08. The van der Waals surface area contributed by atoms with Crippen LogP contribution in [0.15, 0.2) is 21.5 Å². The molecule has 0 aliphatic heterocycles. The van der Waals surface area contributed by atoms with Gasteiger partial charge >= 0.3 is 0 Å². The summed E-state index contributed by atoms with van der Waals surface area (Å²) >= 11 is 5.11. The molecule has 0 fully saturated rings. The van der Waals surface area contributed by atoms with Gasteiger partial charge in [-0.05, 0) is 50.5 Å². The van der Waals surface area contributed by atoms with Crippen molar-refractivity contribution in [3.05, 3.63) is 27.7 Å². The van der Waals surface area contributed by atoms with Crippen molar-refractivity contribution < 1.29 is 4.79 Å². The first-order valence-electron chi connectivity index (χ1n) is 6.13. The smallest absolute Gasteiger partial charge is 0.230 e. The maximum atomic E-state index is 11.7. The van der Waals surface area contributed by atoms with Crippen LogP contribution in [0.1, 0.15) is 31.4 Å². The monoisotopic (exact) mass is 329 g/mol. The molecule has 0 aliphatic carbocycles. The van der Waals surface area contributed by atoms with Gasteiger partial charge in [0, 0.05) is 15.4 Å². The van der Waals surface area contributed by atoms with E-state index in [9.17, 15) is 4.79 Å². The topological polar surface area (TPSA) is 29.1 Å². The van der Waals surface area contributed by atoms with E-state index in [1.165, 1.54) is 16.0 Å². The van der Waals surface area contributed by atoms with Crippen LogP contribution in [0.5, 0.6) is 0 Å². The van der Waals surface area contributed by atoms with Crippen molar-refractivity contribution in [1.29, 1.82) is 0 Å². The van der Waals surface area contributed by atoms with Crippen molar-refractivity contribution in [2.24, 2.45) is 0 Å². The summed E-state index contributed by atoms with van der Waals surface area (Å²) < 4.78 is 1.12. The Kier molecular flexibility index (Phi) is 6.22. The highest BCUT2D eigenvalue weighted by molar-refractivity contribution is 9.10. The van der Waals surface area contributed by atoms with Crippen molar-refractivity contribution in [2.75, 3.05) is 5.75 Å². The molecular formula is C14H20BrNOS. The third kappa shape index (κ3) is 4.65. The third-order valence-electron chi connectivity index (χ3n) is 2.83. The molecular weight excluding hydrogens is 310 g/mol. The molecule has 1 rings (SSSR count). The zero-order valence-corrected chi connectivity index (χ0v) is 13.7. The maximum Gasteiger partial charge on any atom is 0.230 e. The van der Waals surface area contributed by atoms with Crippen molar-refractivity contribution in [2.45, 2.75) is 45.1 Å². The van der Waals surface area contributed by atoms with E-state index in [4.69, 9.17) is 0 Å². The number of nitrogens with one attached hydrogen (secondary N) is 1. The summed E-state index contributed by atoms with van der Waals surface area (Å²) in [5.41, 5.74) is 2.40. The zero-order chi connectivity index (χ0) is 13.7. The summed E-state index contributed by atoms with van der Waals surface area (Å²) in [5, 5.41) is 2.98. The van der Waals surface area contributed by atoms with Gasteiger partial charge in [0.1, 0.15) is 0 Å². The molecule has 4 heteroatoms. The molecule has 100 valence electrons. The number of benzene rings is 1. The molecule has 0 spiro atoms. The van der Waals surface area contributed by atoms with E-state index >= 15 is 0 Å². The molecule has 0 saturated heterocycles. The zero-order valence-electron chi connectivity index (χ0n) is 11.3. The minimum atomic E-state index is 0.106. The number of thioether (sulfide) groups is 1. The first-order chi connectivity index (χ1) is 8.43. The fourth-order valence-corrected chi connectivity index (χ4v) is 2.85. The van der Waals surface area contributed by atoms with Gasteiger partial charge in [0.05, 0.1) is 5.75 Å². The van der Waals surface area contributed by atoms with Crippen molar-refractivity contribution in [3.63, 3.8) is 0 Å². The molecule has 1 atom stereocenters. The van der Waals surface area contributed by atoms with Gasteiger partial charge in [0.2, 0.25) is 5.91 Å². The van der Waals surface area contributed by atoms with E-state index in [0.717, 1.165) is 10.9 Å². The average molecular weight is 330 g/mol. The van der Waals surface area contributed by atoms with Gasteiger partial charge in [-0.25, -0.2) is 0 Å². The van der Waals surface area contributed by atoms with Gasteiger partial charge in [0.15, 0.2) is 0 Å². The number of hydrogen-bond acceptors (Lipinski definition) is 2. The fraction of sp³-hybridized carbons (Fsp3) is 0.500. The van der Waals surface area contributed by atoms with Crippen LogP contribution in [-0.4, -0.2) is 17.7 Å². The number of halogens is 1. The SMILES string of the molecule is CC[C@H](C)NC(=O)CSc1cc(C)c(Br)cc1C. The van der Waals surface area contributed by atoms with E-state index in [1.54, 1.807) is 11.8 Å². The van der Waals surface area contributed by atoms with Gasteiger partial charge in [-0.2, -0.15) is 0 Å². The normalized spacial score (nSPS) is 12.3. The van der Waals surface area contributed by atoms with E-state index in [1.807, 2.05) is 6.92 Å². The molecule has 0 heterocycles. The summed E-state index contributed by atoms with van der Waals surface area (Å²) in [6.07, 6.45) is 0.965. The second-order valence-electron chi connectivity index (χ2n) is 4.53. The van der Waals surface area contributed by atoms with Crippen LogP contribution in [0.25, 0.3) is 0 Å². The predicted octanol–water partition coefficient (Wildman–Crippen LogP) is 4.07. The Morgan fingerprint density at radius 2 is 2.06 bits per heavy atom. The van der Waals surface area contributed by atoms with Crippen LogP contribution < -0.4 is 5.32 Å². The molecule has 18 heavy (non-hydrogen) atoms. The van der Waals surface area contributed by atoms with Crippen LogP contribution in [0.2, 0.25) is 0 Å². The molecule has 2 nitrogen and oxygen atoms in total. The summed E-state index contributed by atoms with van der Waals surface area (Å²) in [6.45, 7) is 8.23. The number of hydrogen-bond donors (Lipinski definition) is 1. The fourth-order valence-electron chi connectivity index (χ4n) is 1.47. The van der Waals surface area contributed by atoms with Gasteiger partial charge in [-0.15, -0.1) is 11.8 Å². The molecule has 1 amide bonds. The molecule has 1 aromatic carbocycles. The lowest BCUT2D eigenvalue weighted by atomic mass is 10.2. The second kappa shape index (κ2) is 7.19. The number of aryl methyl sites for hydroxylation is 2. The number of carbonyl (C=O) groups is 1. The van der Waals surface area contributed by atoms with Gasteiger partial charge in [-0.1, -0.05) is 22.9 Å². The van der Waals surface area contributed by atoms with E-state index in [2.05, 4.69) is 54.2 Å². The number of rotatable bonds is 5. The largest absolute Gasteiger partial charge is 0.353 e. The highest BCUT2D eigenvalue weighted by atomic mass is 79.9. The van der Waals surface area contributed by atoms with Crippen molar-refractivity contribution in [3.8, 4) is 0 Å². The lowest BCUT2D eigenvalue weighted by Gasteiger charge is -2.12. The molecule has 1 aromatic rings. The van der Waals surface area contributed by atoms with Gasteiger partial charge in [0.25, 0.3) is 0 Å². The van der Waals surface area contributed by atoms with Crippen LogP contribution >= 0.6 is 27.7 Å². The minimum absolute atomic E-state index is 0.106. The first-order valence-corrected chi connectivity index (χ1v) is 7.90. The van der Waals surface area contributed by atoms with Crippen molar-refractivity contribution in [1.82, 2.24) is 5.32 Å². The standard InChI is InChI=1S/C14H20BrNOS/c1-5-11(4)16-14(17)8-18-13-7-9(2)12(15)6-10(13)3/h6-7,11H,5,8H2,1-4H3,(H,16,17)/t11-/m0/s1. The number of amides is 1. The summed E-state index contributed by atoms with van der Waals surface area (Å²) in [7, 11) is 0. The summed E-state index contributed by atoms with van der Waals surface area (Å²) in [6, 6.07) is 4.48. The van der Waals surface area contributed by atoms with E-state index in [-0.39, 0.29) is 11.9 Å². The Morgan fingerprint density at radius 3 is 2.67 bits per heavy atom. The molecule has 0 aliphatic rings. The molecule has 0 aromatic heterocycles. The Labute approximate surface area is 122 Å². The van der Waals surface area contributed by atoms with E-state index in [0.29, 0.717) is 5.75 Å². The lowest BCUT2D eigenvalue weighted by molar-refractivity contribution is -0.119. The van der Waals surface area contributed by atoms with Crippen molar-refractivity contribution >= 4 is 33.6 Å². The third-order valence-corrected chi connectivity index (χ3v) is 4.85. The Morgan fingerprint density at radius 1 is 1.39 bits per heavy atom. The molecule has 0 bridgehead atoms. The molecule has 0 radical (unpaired) electrons. The van der Waals surface area contributed by atoms with Gasteiger partial charge < -0.3 is 5.32 Å². The molecule has 1 N–H and O–H groups in total. The molecule has 0 unspecified atom stereocenters.